The van der Waals surface area contributed by atoms with Crippen LogP contribution in [-0.4, -0.2) is 4.98 Å². The number of benzene rings is 2. The summed E-state index contributed by atoms with van der Waals surface area (Å²) in [4.78, 5) is 5.65. The van der Waals surface area contributed by atoms with Gasteiger partial charge in [-0.25, -0.2) is 4.98 Å². The van der Waals surface area contributed by atoms with E-state index in [2.05, 4.69) is 24.1 Å². The van der Waals surface area contributed by atoms with E-state index in [0.717, 1.165) is 22.7 Å². The molecular weight excluding hydrogens is 352 g/mol. The van der Waals surface area contributed by atoms with Gasteiger partial charge in [-0.2, -0.15) is 0 Å². The normalized spacial score (nSPS) is 12.1. The number of hydrogen-bond acceptors (Lipinski definition) is 4. The molecule has 1 N–H and O–H groups in total. The molecule has 5 heteroatoms. The van der Waals surface area contributed by atoms with E-state index in [1.807, 2.05) is 54.7 Å². The third-order valence-electron chi connectivity index (χ3n) is 3.86. The summed E-state index contributed by atoms with van der Waals surface area (Å²) in [6.45, 7) is 5.44. The van der Waals surface area contributed by atoms with Gasteiger partial charge in [0.1, 0.15) is 17.4 Å². The predicted octanol–water partition coefficient (Wildman–Crippen LogP) is 5.53. The van der Waals surface area contributed by atoms with Crippen molar-refractivity contribution < 1.29 is 4.74 Å². The van der Waals surface area contributed by atoms with Gasteiger partial charge in [0.05, 0.1) is 11.1 Å². The lowest BCUT2D eigenvalue weighted by Crippen LogP contribution is -2.17. The van der Waals surface area contributed by atoms with Crippen molar-refractivity contribution in [2.45, 2.75) is 33.0 Å². The van der Waals surface area contributed by atoms with Gasteiger partial charge < -0.3 is 10.1 Å². The maximum atomic E-state index is 6.37. The minimum Gasteiger partial charge on any atom is -0.487 e. The summed E-state index contributed by atoms with van der Waals surface area (Å²) in [6.07, 6.45) is 1.91. The number of rotatable bonds is 7. The van der Waals surface area contributed by atoms with Gasteiger partial charge in [-0.1, -0.05) is 48.0 Å². The van der Waals surface area contributed by atoms with Gasteiger partial charge in [-0.15, -0.1) is 11.3 Å². The number of nitrogens with zero attached hydrogens (tertiary/aromatic N) is 1. The summed E-state index contributed by atoms with van der Waals surface area (Å²) >= 11 is 8.09. The van der Waals surface area contributed by atoms with Gasteiger partial charge in [0.15, 0.2) is 0 Å². The van der Waals surface area contributed by atoms with E-state index in [9.17, 15) is 0 Å². The quantitative estimate of drug-likeness (QED) is 0.591. The third-order valence-corrected chi connectivity index (χ3v) is 5.25. The Morgan fingerprint density at radius 1 is 1.16 bits per heavy atom. The first-order valence-electron chi connectivity index (χ1n) is 8.22. The second kappa shape index (κ2) is 8.48. The molecule has 0 saturated heterocycles. The Bertz CT molecular complexity index is 820. The Morgan fingerprint density at radius 2 is 1.96 bits per heavy atom. The van der Waals surface area contributed by atoms with Crippen molar-refractivity contribution in [2.24, 2.45) is 0 Å². The average Bonchev–Trinajstić information content (AvgIpc) is 3.06. The van der Waals surface area contributed by atoms with Crippen LogP contribution in [-0.2, 0) is 13.2 Å². The van der Waals surface area contributed by atoms with Crippen LogP contribution in [0.15, 0.2) is 54.7 Å². The number of aromatic nitrogens is 1. The fraction of sp³-hybridized carbons (Fsp3) is 0.250. The van der Waals surface area contributed by atoms with Crippen molar-refractivity contribution in [3.8, 4) is 5.75 Å². The Hall–Kier alpha value is -1.88. The average molecular weight is 373 g/mol. The predicted molar refractivity (Wildman–Crippen MR) is 104 cm³/mol. The van der Waals surface area contributed by atoms with Crippen molar-refractivity contribution >= 4 is 22.9 Å². The van der Waals surface area contributed by atoms with Crippen LogP contribution in [0, 0.1) is 6.92 Å². The van der Waals surface area contributed by atoms with Crippen molar-refractivity contribution in [1.82, 2.24) is 10.3 Å². The zero-order valence-corrected chi connectivity index (χ0v) is 15.9. The molecule has 0 bridgehead atoms. The highest BCUT2D eigenvalue weighted by atomic mass is 35.5. The Labute approximate surface area is 157 Å². The molecule has 1 heterocycles. The molecule has 2 aromatic carbocycles. The van der Waals surface area contributed by atoms with Gasteiger partial charge in [-0.05, 0) is 37.1 Å². The van der Waals surface area contributed by atoms with Crippen molar-refractivity contribution in [3.63, 3.8) is 0 Å². The molecule has 1 unspecified atom stereocenters. The lowest BCUT2D eigenvalue weighted by Gasteiger charge is -2.13. The lowest BCUT2D eigenvalue weighted by molar-refractivity contribution is 0.306. The van der Waals surface area contributed by atoms with Gasteiger partial charge in [0.2, 0.25) is 0 Å². The number of aryl methyl sites for hydroxylation is 1. The largest absolute Gasteiger partial charge is 0.487 e. The first-order valence-corrected chi connectivity index (χ1v) is 9.42. The zero-order valence-electron chi connectivity index (χ0n) is 14.3. The standard InChI is InChI=1S/C20H21ClN2OS/c1-14-11-23-20(25-14)15(2)22-12-17-8-9-19(18(21)10-17)24-13-16-6-4-3-5-7-16/h3-11,15,22H,12-13H2,1-2H3. The van der Waals surface area contributed by atoms with Crippen molar-refractivity contribution in [2.75, 3.05) is 0 Å². The van der Waals surface area contributed by atoms with Gasteiger partial charge >= 0.3 is 0 Å². The molecular formula is C20H21ClN2OS. The van der Waals surface area contributed by atoms with Crippen LogP contribution < -0.4 is 10.1 Å². The maximum absolute atomic E-state index is 6.37. The van der Waals surface area contributed by atoms with E-state index in [4.69, 9.17) is 16.3 Å². The third kappa shape index (κ3) is 5.05. The molecule has 0 aliphatic carbocycles. The molecule has 3 nitrogen and oxygen atoms in total. The minimum absolute atomic E-state index is 0.214. The molecule has 25 heavy (non-hydrogen) atoms. The summed E-state index contributed by atoms with van der Waals surface area (Å²) in [5, 5.41) is 5.22. The molecule has 3 aromatic rings. The minimum atomic E-state index is 0.214. The molecule has 3 rings (SSSR count). The zero-order chi connectivity index (χ0) is 17.6. The molecule has 0 saturated carbocycles. The van der Waals surface area contributed by atoms with Crippen LogP contribution in [0.1, 0.15) is 34.0 Å². The highest BCUT2D eigenvalue weighted by molar-refractivity contribution is 7.11. The monoisotopic (exact) mass is 372 g/mol. The van der Waals surface area contributed by atoms with Crippen LogP contribution in [0.25, 0.3) is 0 Å². The number of hydrogen-bond donors (Lipinski definition) is 1. The molecule has 0 radical (unpaired) electrons. The first-order chi connectivity index (χ1) is 12.1. The smallest absolute Gasteiger partial charge is 0.138 e. The highest BCUT2D eigenvalue weighted by Gasteiger charge is 2.10. The molecule has 0 aliphatic rings. The molecule has 0 amide bonds. The van der Waals surface area contributed by atoms with E-state index >= 15 is 0 Å². The van der Waals surface area contributed by atoms with E-state index in [1.165, 1.54) is 4.88 Å². The molecule has 130 valence electrons. The van der Waals surface area contributed by atoms with Gasteiger partial charge in [0, 0.05) is 17.6 Å². The fourth-order valence-electron chi connectivity index (χ4n) is 2.44. The Balaban J connectivity index is 1.56. The fourth-order valence-corrected chi connectivity index (χ4v) is 3.50. The maximum Gasteiger partial charge on any atom is 0.138 e. The summed E-state index contributed by atoms with van der Waals surface area (Å²) in [5.74, 6) is 0.706. The molecule has 1 aromatic heterocycles. The van der Waals surface area contributed by atoms with E-state index < -0.39 is 0 Å². The summed E-state index contributed by atoms with van der Waals surface area (Å²) < 4.78 is 5.81. The van der Waals surface area contributed by atoms with Crippen LogP contribution in [0.3, 0.4) is 0 Å². The number of halogens is 1. The summed E-state index contributed by atoms with van der Waals surface area (Å²) in [6, 6.07) is 16.2. The van der Waals surface area contributed by atoms with E-state index in [-0.39, 0.29) is 6.04 Å². The summed E-state index contributed by atoms with van der Waals surface area (Å²) in [7, 11) is 0. The molecule has 0 spiro atoms. The van der Waals surface area contributed by atoms with Gasteiger partial charge in [0.25, 0.3) is 0 Å². The van der Waals surface area contributed by atoms with Crippen molar-refractivity contribution in [3.05, 3.63) is 80.8 Å². The van der Waals surface area contributed by atoms with Crippen LogP contribution in [0.5, 0.6) is 5.75 Å². The topological polar surface area (TPSA) is 34.2 Å². The molecule has 0 fully saturated rings. The second-order valence-corrected chi connectivity index (χ2v) is 7.62. The lowest BCUT2D eigenvalue weighted by atomic mass is 10.2. The summed E-state index contributed by atoms with van der Waals surface area (Å²) in [5.41, 5.74) is 2.24. The molecule has 1 atom stereocenters. The first kappa shape index (κ1) is 17.9. The highest BCUT2D eigenvalue weighted by Crippen LogP contribution is 2.27. The molecule has 0 aliphatic heterocycles. The SMILES string of the molecule is Cc1cnc(C(C)NCc2ccc(OCc3ccccc3)c(Cl)c2)s1. The van der Waals surface area contributed by atoms with Crippen LogP contribution in [0.4, 0.5) is 0 Å². The number of thiazole rings is 1. The Morgan fingerprint density at radius 3 is 2.64 bits per heavy atom. The van der Waals surface area contributed by atoms with Crippen molar-refractivity contribution in [1.29, 1.82) is 0 Å². The number of ether oxygens (including phenoxy) is 1. The van der Waals surface area contributed by atoms with Gasteiger partial charge in [-0.3, -0.25) is 0 Å². The Kier molecular flexibility index (Phi) is 6.08. The van der Waals surface area contributed by atoms with Crippen LogP contribution in [0.2, 0.25) is 5.02 Å². The van der Waals surface area contributed by atoms with E-state index in [1.54, 1.807) is 11.3 Å². The van der Waals surface area contributed by atoms with Crippen LogP contribution >= 0.6 is 22.9 Å². The number of nitrogens with one attached hydrogen (secondary N) is 1. The van der Waals surface area contributed by atoms with E-state index in [0.29, 0.717) is 17.4 Å². The second-order valence-electron chi connectivity index (χ2n) is 5.95.